The molecule has 1 unspecified atom stereocenters. The Morgan fingerprint density at radius 3 is 0.720 bits per heavy atom. The van der Waals surface area contributed by atoms with Crippen LogP contribution < -0.4 is 21.3 Å². The Morgan fingerprint density at radius 1 is 0.196 bits per heavy atom. The van der Waals surface area contributed by atoms with Crippen molar-refractivity contribution in [1.82, 2.24) is 21.3 Å². The lowest BCUT2D eigenvalue weighted by Crippen LogP contribution is -2.71. The van der Waals surface area contributed by atoms with Crippen LogP contribution in [0.1, 0.15) is 41.5 Å². The zero-order chi connectivity index (χ0) is 105. The molecule has 828 valence electrons. The first-order valence-electron chi connectivity index (χ1n) is 45.9. The van der Waals surface area contributed by atoms with Gasteiger partial charge in [-0.05, 0) is 13.8 Å². The average Bonchev–Trinajstić information content (AvgIpc) is 0.777. The second-order valence-corrected chi connectivity index (χ2v) is 36.6. The smallest absolute Gasteiger partial charge is 0.217 e. The number of nitrogens with one attached hydrogen (secondary N) is 4. The van der Waals surface area contributed by atoms with E-state index in [1.165, 1.54) is 13.8 Å². The van der Waals surface area contributed by atoms with Crippen molar-refractivity contribution in [2.24, 2.45) is 0 Å². The fourth-order valence-electron chi connectivity index (χ4n) is 18.7. The molecular weight excluding hydrogens is 1960 g/mol. The van der Waals surface area contributed by atoms with Crippen molar-refractivity contribution in [3.05, 3.63) is 0 Å². The summed E-state index contributed by atoms with van der Waals surface area (Å²) in [5, 5.41) is 368. The van der Waals surface area contributed by atoms with Gasteiger partial charge in [0, 0.05) is 27.7 Å². The van der Waals surface area contributed by atoms with Crippen LogP contribution in [0.15, 0.2) is 0 Å². The molecule has 0 aromatic carbocycles. The molecule has 0 radical (unpaired) electrons. The molecule has 143 heavy (non-hydrogen) atoms. The largest absolute Gasteiger partial charge is 0.394 e. The van der Waals surface area contributed by atoms with Crippen LogP contribution in [0.25, 0.3) is 0 Å². The molecule has 12 aliphatic heterocycles. The van der Waals surface area contributed by atoms with Crippen LogP contribution in [-0.2, 0) is 128 Å². The summed E-state index contributed by atoms with van der Waals surface area (Å²) in [6.07, 6.45) is -117. The fraction of sp³-hybridized carbons (Fsp3) is 0.950. The number of amides is 4. The summed E-state index contributed by atoms with van der Waals surface area (Å²) in [6.45, 7) is -5.35. The SMILES string of the molecule is CC(=O)N[C@H]1[C@H](OC[C@H]2O[C@@H](O[C@H]3[C@H](O)[C@@H](NC(C)=O)[C@H](OC[C@H]4O[C@@H](O[C@H]5[C@H](O)[C@@H](O)C(O)O[C@@H]5CO)[C@H](O)[C@@H](O[C@@H]5O[C@H](CO)[C@@H](O[C@@H]6O[C@H](CO)[C@H](O)[C@H](O)[C@H]6O[C@@H]6O[C@@H](C)[C@@H](O)[C@@H](O)[C@@H]6O)[C@H](O)[C@H]5NC(C)=O)[C@H]4O)O[C@@H]3CO)[C@H](O)[C@@H](O[C@@H]3O[C@H](CO)[C@@H](O[C@@H]4O[C@H](CO)[C@H](O)[C@H](O)[C@H]4O[C@@H]4O[C@@H](C)[C@@H](O)[C@@H](O)[C@@H]4O)[C@H](O)[C@H]3NC(C)=O)[C@H]2O)O[C@H](CO)[C@@H](O[C@@H]2O[C@H](CO)[C@H](O)[C@H](O)[C@H]2O)[C@@H]1O. The lowest BCUT2D eigenvalue weighted by Gasteiger charge is -2.51. The molecule has 0 aromatic heterocycles. The zero-order valence-electron chi connectivity index (χ0n) is 77.0. The molecule has 0 aliphatic carbocycles. The number of carbonyl (C=O) groups is 4. The Bertz CT molecular complexity index is 3960. The predicted octanol–water partition coefficient (Wildman–Crippen LogP) is -24.5. The topological polar surface area (TPSA) is 976 Å². The van der Waals surface area contributed by atoms with E-state index in [0.29, 0.717) is 0 Å². The minimum Gasteiger partial charge on any atom is -0.394 e. The summed E-state index contributed by atoms with van der Waals surface area (Å²) in [5.41, 5.74) is 0. The zero-order valence-corrected chi connectivity index (χ0v) is 77.0. The number of hydrogen-bond acceptors (Lipinski definition) is 59. The second-order valence-electron chi connectivity index (χ2n) is 36.6. The second kappa shape index (κ2) is 51.0. The van der Waals surface area contributed by atoms with Crippen LogP contribution in [0.3, 0.4) is 0 Å². The Morgan fingerprint density at radius 2 is 0.413 bits per heavy atom. The number of hydrogen-bond donors (Lipinski definition) is 36. The Kier molecular flexibility index (Phi) is 41.8. The van der Waals surface area contributed by atoms with E-state index in [4.69, 9.17) is 109 Å². The third-order valence-corrected chi connectivity index (χ3v) is 26.6. The van der Waals surface area contributed by atoms with Crippen LogP contribution in [0.5, 0.6) is 0 Å². The maximum atomic E-state index is 13.5. The molecule has 12 rings (SSSR count). The highest BCUT2D eigenvalue weighted by molar-refractivity contribution is 5.74. The van der Waals surface area contributed by atoms with Crippen molar-refractivity contribution in [2.75, 3.05) is 66.1 Å². The normalized spacial score (nSPS) is 50.7. The molecule has 12 aliphatic rings. The van der Waals surface area contributed by atoms with Gasteiger partial charge in [0.05, 0.1) is 78.3 Å². The highest BCUT2D eigenvalue weighted by atomic mass is 16.8. The number of carbonyl (C=O) groups excluding carboxylic acids is 4. The quantitative estimate of drug-likeness (QED) is 0.0277. The van der Waals surface area contributed by atoms with Crippen LogP contribution in [0, 0.1) is 0 Å². The predicted molar refractivity (Wildman–Crippen MR) is 439 cm³/mol. The molecule has 36 N–H and O–H groups in total. The molecule has 12 heterocycles. The van der Waals surface area contributed by atoms with Crippen LogP contribution in [0.2, 0.25) is 0 Å². The molecule has 12 saturated heterocycles. The van der Waals surface area contributed by atoms with Crippen molar-refractivity contribution in [3.63, 3.8) is 0 Å². The number of aliphatic hydroxyl groups is 32. The van der Waals surface area contributed by atoms with Gasteiger partial charge in [0.25, 0.3) is 0 Å². The van der Waals surface area contributed by atoms with Crippen molar-refractivity contribution in [3.8, 4) is 0 Å². The van der Waals surface area contributed by atoms with Gasteiger partial charge >= 0.3 is 0 Å². The van der Waals surface area contributed by atoms with Gasteiger partial charge in [-0.25, -0.2) is 0 Å². The summed E-state index contributed by atoms with van der Waals surface area (Å²) in [6, 6.07) is -8.08. The molecule has 4 amide bonds. The van der Waals surface area contributed by atoms with E-state index in [2.05, 4.69) is 21.3 Å². The molecule has 0 spiro atoms. The van der Waals surface area contributed by atoms with E-state index in [1.54, 1.807) is 0 Å². The molecule has 63 nitrogen and oxygen atoms in total. The summed E-state index contributed by atoms with van der Waals surface area (Å²) in [4.78, 5) is 53.1. The summed E-state index contributed by atoms with van der Waals surface area (Å²) >= 11 is 0. The maximum Gasteiger partial charge on any atom is 0.217 e. The highest BCUT2D eigenvalue weighted by Crippen LogP contribution is 2.43. The molecule has 0 aromatic rings. The van der Waals surface area contributed by atoms with E-state index >= 15 is 0 Å². The number of rotatable bonds is 36. The average molecular weight is 2100 g/mol. The minimum atomic E-state index is -2.60. The van der Waals surface area contributed by atoms with Gasteiger partial charge in [0.2, 0.25) is 23.6 Å². The van der Waals surface area contributed by atoms with Gasteiger partial charge in [0.1, 0.15) is 281 Å². The molecular formula is C80H134N4O59. The lowest BCUT2D eigenvalue weighted by atomic mass is 9.93. The van der Waals surface area contributed by atoms with Gasteiger partial charge in [-0.15, -0.1) is 0 Å². The fourth-order valence-corrected chi connectivity index (χ4v) is 18.7. The first-order valence-corrected chi connectivity index (χ1v) is 45.9. The van der Waals surface area contributed by atoms with Crippen molar-refractivity contribution >= 4 is 23.6 Å². The summed E-state index contributed by atoms with van der Waals surface area (Å²) < 4.78 is 137. The monoisotopic (exact) mass is 2090 g/mol. The maximum absolute atomic E-state index is 13.5. The standard InChI is InChI=1S/C80H134N4O59/c1-17-37(97)48(108)55(115)74(123-17)142-67-51(111)40(100)24(8-86)127-79(67)138-62-29(13-91)131-72(35(46(62)106)83-21(5)95)140-65-42(102)31(15-121-70-33(81-19(3)93)44(104)60(27(11-89)129-70)135-76-57(117)50(110)39(99)23(7-85)126-76)133-77(58(65)118)136-61-28(12-90)130-71(34(45(61)105)82-20(4)94)122-16-32-43(103)66(59(119)78(134-32)137-64-26(10-88)125-69(120)54(114)53(64)113)141-73-36(84-22(6)96)47(107)63(30(14-92)132-73)139-80-68(52(112)41(101)25(9-87)128-80)143-75-56(116)49(109)38(98)18(2)124-75/h17-18,23-80,85-92,97-120H,7-16H2,1-6H3,(H,81,93)(H,82,94)(H,83,95)(H,84,96)/t17-,18-,23+,24+,25+,26+,27+,28+,29+,30+,31+,32+,33+,34+,35+,36+,37+,38+,39-,40-,41-,42-,43-,44+,45+,46+,47+,48+,49+,50-,51-,52-,53+,54+,55-,56-,57+,58+,59+,60+,61+,62+,63+,64+,65-,66-,67+,68+,69?,70+,71+,72-,73-,74-,75-,76-,77-,78-,79-,80-/m0/s1. The summed E-state index contributed by atoms with van der Waals surface area (Å²) in [5.74, 6) is -4.02. The van der Waals surface area contributed by atoms with E-state index in [1.807, 2.05) is 0 Å². The van der Waals surface area contributed by atoms with Gasteiger partial charge in [-0.3, -0.25) is 19.2 Å². The minimum absolute atomic E-state index is 0.885. The first-order chi connectivity index (χ1) is 67.6. The number of ether oxygens (including phenoxy) is 23. The molecule has 0 bridgehead atoms. The Balaban J connectivity index is 0.834. The van der Waals surface area contributed by atoms with E-state index in [-0.39, 0.29) is 0 Å². The van der Waals surface area contributed by atoms with Gasteiger partial charge < -0.3 is 294 Å². The van der Waals surface area contributed by atoms with Crippen LogP contribution >= 0.6 is 0 Å². The van der Waals surface area contributed by atoms with E-state index in [9.17, 15) is 183 Å². The Hall–Kier alpha value is -4.32. The molecule has 0 saturated carbocycles. The summed E-state index contributed by atoms with van der Waals surface area (Å²) in [7, 11) is 0. The van der Waals surface area contributed by atoms with Gasteiger partial charge in [-0.2, -0.15) is 0 Å². The number of aliphatic hydroxyl groups excluding tert-OH is 32. The van der Waals surface area contributed by atoms with Gasteiger partial charge in [-0.1, -0.05) is 0 Å². The molecule has 63 heteroatoms. The van der Waals surface area contributed by atoms with Crippen LogP contribution in [-0.4, -0.2) is 621 Å². The third kappa shape index (κ3) is 25.8. The Labute approximate surface area is 809 Å². The lowest BCUT2D eigenvalue weighted by molar-refractivity contribution is -0.394. The van der Waals surface area contributed by atoms with Crippen molar-refractivity contribution < 1.29 is 292 Å². The van der Waals surface area contributed by atoms with Crippen molar-refractivity contribution in [2.45, 2.75) is 410 Å². The van der Waals surface area contributed by atoms with E-state index < -0.39 is 458 Å². The van der Waals surface area contributed by atoms with Crippen LogP contribution in [0.4, 0.5) is 0 Å². The molecule has 60 atom stereocenters. The third-order valence-electron chi connectivity index (χ3n) is 26.6. The van der Waals surface area contributed by atoms with Crippen molar-refractivity contribution in [1.29, 1.82) is 0 Å². The van der Waals surface area contributed by atoms with E-state index in [0.717, 1.165) is 27.7 Å². The first kappa shape index (κ1) is 117. The van der Waals surface area contributed by atoms with Gasteiger partial charge in [0.15, 0.2) is 75.5 Å². The molecule has 12 fully saturated rings. The highest BCUT2D eigenvalue weighted by Gasteiger charge is 2.64.